The number of halogens is 1. The van der Waals surface area contributed by atoms with E-state index < -0.39 is 21.8 Å². The Morgan fingerprint density at radius 3 is 2.65 bits per heavy atom. The summed E-state index contributed by atoms with van der Waals surface area (Å²) in [6.07, 6.45) is 1.19. The molecule has 1 atom stereocenters. The van der Waals surface area contributed by atoms with Gasteiger partial charge in [0.1, 0.15) is 10.0 Å². The third kappa shape index (κ3) is 3.67. The second-order valence-corrected chi connectivity index (χ2v) is 9.87. The molecule has 8 heteroatoms. The summed E-state index contributed by atoms with van der Waals surface area (Å²) in [6.45, 7) is 2.37. The van der Waals surface area contributed by atoms with Gasteiger partial charge >= 0.3 is 0 Å². The summed E-state index contributed by atoms with van der Waals surface area (Å²) in [5.74, 6) is -1.22. The number of nitrogens with zero attached hydrogens (tertiary/aromatic N) is 2. The fraction of sp³-hybridized carbons (Fsp3) is 0.389. The number of para-hydroxylation sites is 1. The molecule has 26 heavy (non-hydrogen) atoms. The van der Waals surface area contributed by atoms with Gasteiger partial charge in [-0.2, -0.15) is 4.31 Å². The molecule has 2 aromatic rings. The van der Waals surface area contributed by atoms with Crippen molar-refractivity contribution in [2.24, 2.45) is 5.92 Å². The second kappa shape index (κ2) is 7.46. The molecule has 1 aliphatic heterocycles. The Kier molecular flexibility index (Phi) is 5.45. The lowest BCUT2D eigenvalue weighted by molar-refractivity contribution is -0.123. The summed E-state index contributed by atoms with van der Waals surface area (Å²) in [6, 6.07) is 9.45. The van der Waals surface area contributed by atoms with Gasteiger partial charge in [-0.1, -0.05) is 12.1 Å². The smallest absolute Gasteiger partial charge is 0.252 e. The number of aryl methyl sites for hydroxylation is 1. The number of carbonyl (C=O) groups excluding carboxylic acids is 1. The predicted molar refractivity (Wildman–Crippen MR) is 100 cm³/mol. The lowest BCUT2D eigenvalue weighted by atomic mass is 9.98. The van der Waals surface area contributed by atoms with Gasteiger partial charge in [-0.05, 0) is 44.0 Å². The molecule has 0 radical (unpaired) electrons. The van der Waals surface area contributed by atoms with E-state index in [-0.39, 0.29) is 18.1 Å². The zero-order valence-electron chi connectivity index (χ0n) is 14.7. The van der Waals surface area contributed by atoms with Gasteiger partial charge in [-0.25, -0.2) is 12.8 Å². The molecule has 3 rings (SSSR count). The maximum Gasteiger partial charge on any atom is 0.252 e. The van der Waals surface area contributed by atoms with Crippen molar-refractivity contribution in [3.63, 3.8) is 0 Å². The first-order valence-electron chi connectivity index (χ1n) is 8.39. The van der Waals surface area contributed by atoms with Crippen molar-refractivity contribution in [2.75, 3.05) is 25.0 Å². The van der Waals surface area contributed by atoms with Gasteiger partial charge in [0.25, 0.3) is 10.0 Å². The number of amides is 1. The number of sulfonamides is 1. The molecule has 0 N–H and O–H groups in total. The summed E-state index contributed by atoms with van der Waals surface area (Å²) in [5.41, 5.74) is 0.200. The molecule has 2 heterocycles. The van der Waals surface area contributed by atoms with E-state index in [0.717, 1.165) is 4.88 Å². The van der Waals surface area contributed by atoms with Crippen LogP contribution in [0.1, 0.15) is 17.7 Å². The van der Waals surface area contributed by atoms with Crippen LogP contribution in [0, 0.1) is 18.7 Å². The number of hydrogen-bond acceptors (Lipinski definition) is 4. The molecule has 0 aliphatic carbocycles. The highest BCUT2D eigenvalue weighted by Gasteiger charge is 2.35. The van der Waals surface area contributed by atoms with E-state index in [4.69, 9.17) is 0 Å². The Morgan fingerprint density at radius 2 is 2.00 bits per heavy atom. The van der Waals surface area contributed by atoms with Crippen LogP contribution in [0.4, 0.5) is 10.1 Å². The molecule has 5 nitrogen and oxygen atoms in total. The Bertz CT molecular complexity index is 911. The van der Waals surface area contributed by atoms with E-state index in [1.54, 1.807) is 30.3 Å². The van der Waals surface area contributed by atoms with Crippen molar-refractivity contribution in [2.45, 2.75) is 24.0 Å². The van der Waals surface area contributed by atoms with Gasteiger partial charge < -0.3 is 4.90 Å². The van der Waals surface area contributed by atoms with Crippen LogP contribution in [0.25, 0.3) is 0 Å². The summed E-state index contributed by atoms with van der Waals surface area (Å²) >= 11 is 1.23. The molecule has 1 saturated heterocycles. The summed E-state index contributed by atoms with van der Waals surface area (Å²) in [7, 11) is -2.07. The number of carbonyl (C=O) groups is 1. The monoisotopic (exact) mass is 396 g/mol. The SMILES string of the molecule is Cc1ccc(S(=O)(=O)N2CCCC(C(=O)N(C)c3ccccc3F)C2)s1. The first-order valence-corrected chi connectivity index (χ1v) is 10.6. The normalized spacial score (nSPS) is 18.7. The van der Waals surface area contributed by atoms with Gasteiger partial charge in [0.05, 0.1) is 11.6 Å². The van der Waals surface area contributed by atoms with Crippen LogP contribution in [0.5, 0.6) is 0 Å². The maximum atomic E-state index is 14.0. The Balaban J connectivity index is 1.78. The van der Waals surface area contributed by atoms with Gasteiger partial charge in [-0.15, -0.1) is 11.3 Å². The van der Waals surface area contributed by atoms with Crippen LogP contribution >= 0.6 is 11.3 Å². The van der Waals surface area contributed by atoms with Crippen LogP contribution in [-0.4, -0.2) is 38.8 Å². The topological polar surface area (TPSA) is 57.7 Å². The minimum atomic E-state index is -3.60. The molecule has 1 fully saturated rings. The standard InChI is InChI=1S/C18H21FN2O3S2/c1-13-9-10-17(25-13)26(23,24)21-11-5-6-14(12-21)18(22)20(2)16-8-4-3-7-15(16)19/h3-4,7-10,14H,5-6,11-12H2,1-2H3. The van der Waals surface area contributed by atoms with E-state index >= 15 is 0 Å². The highest BCUT2D eigenvalue weighted by atomic mass is 32.2. The highest BCUT2D eigenvalue weighted by Crippen LogP contribution is 2.29. The van der Waals surface area contributed by atoms with E-state index in [1.807, 2.05) is 6.92 Å². The lowest BCUT2D eigenvalue weighted by Gasteiger charge is -2.33. The third-order valence-electron chi connectivity index (χ3n) is 4.59. The molecule has 1 aromatic heterocycles. The first kappa shape index (κ1) is 19.0. The third-order valence-corrected chi connectivity index (χ3v) is 7.92. The lowest BCUT2D eigenvalue weighted by Crippen LogP contribution is -2.45. The fourth-order valence-corrected chi connectivity index (χ4v) is 6.12. The molecule has 0 spiro atoms. The second-order valence-electron chi connectivity index (χ2n) is 6.42. The molecule has 1 aromatic carbocycles. The van der Waals surface area contributed by atoms with Gasteiger partial charge in [0.2, 0.25) is 5.91 Å². The van der Waals surface area contributed by atoms with Crippen molar-refractivity contribution < 1.29 is 17.6 Å². The van der Waals surface area contributed by atoms with Gasteiger partial charge in [0, 0.05) is 25.0 Å². The van der Waals surface area contributed by atoms with Crippen molar-refractivity contribution in [3.05, 3.63) is 47.1 Å². The van der Waals surface area contributed by atoms with Crippen LogP contribution < -0.4 is 4.90 Å². The van der Waals surface area contributed by atoms with Crippen molar-refractivity contribution in [3.8, 4) is 0 Å². The van der Waals surface area contributed by atoms with Crippen LogP contribution in [-0.2, 0) is 14.8 Å². The quantitative estimate of drug-likeness (QED) is 0.797. The van der Waals surface area contributed by atoms with Gasteiger partial charge in [0.15, 0.2) is 0 Å². The Labute approximate surface area is 157 Å². The Hall–Kier alpha value is -1.77. The minimum Gasteiger partial charge on any atom is -0.313 e. The number of anilines is 1. The van der Waals surface area contributed by atoms with Crippen LogP contribution in [0.15, 0.2) is 40.6 Å². The van der Waals surface area contributed by atoms with Crippen LogP contribution in [0.2, 0.25) is 0 Å². The van der Waals surface area contributed by atoms with E-state index in [2.05, 4.69) is 0 Å². The number of rotatable bonds is 4. The van der Waals surface area contributed by atoms with Crippen LogP contribution in [0.3, 0.4) is 0 Å². The molecular formula is C18H21FN2O3S2. The van der Waals surface area contributed by atoms with E-state index in [0.29, 0.717) is 23.6 Å². The summed E-state index contributed by atoms with van der Waals surface area (Å²) < 4.78 is 41.3. The maximum absolute atomic E-state index is 14.0. The molecule has 0 saturated carbocycles. The molecule has 0 bridgehead atoms. The number of thiophene rings is 1. The minimum absolute atomic E-state index is 0.122. The summed E-state index contributed by atoms with van der Waals surface area (Å²) in [5, 5.41) is 0. The number of piperidine rings is 1. The molecular weight excluding hydrogens is 375 g/mol. The van der Waals surface area contributed by atoms with Gasteiger partial charge in [-0.3, -0.25) is 4.79 Å². The molecule has 1 aliphatic rings. The molecule has 1 unspecified atom stereocenters. The number of hydrogen-bond donors (Lipinski definition) is 0. The predicted octanol–water partition coefficient (Wildman–Crippen LogP) is 3.26. The molecule has 1 amide bonds. The Morgan fingerprint density at radius 1 is 1.27 bits per heavy atom. The van der Waals surface area contributed by atoms with E-state index in [9.17, 15) is 17.6 Å². The largest absolute Gasteiger partial charge is 0.313 e. The van der Waals surface area contributed by atoms with Crippen molar-refractivity contribution in [1.82, 2.24) is 4.31 Å². The zero-order valence-corrected chi connectivity index (χ0v) is 16.3. The highest BCUT2D eigenvalue weighted by molar-refractivity contribution is 7.91. The van der Waals surface area contributed by atoms with Crippen molar-refractivity contribution in [1.29, 1.82) is 0 Å². The average molecular weight is 397 g/mol. The average Bonchev–Trinajstić information content (AvgIpc) is 3.08. The summed E-state index contributed by atoms with van der Waals surface area (Å²) in [4.78, 5) is 15.0. The zero-order chi connectivity index (χ0) is 18.9. The van der Waals surface area contributed by atoms with E-state index in [1.165, 1.54) is 33.7 Å². The fourth-order valence-electron chi connectivity index (χ4n) is 3.16. The molecule has 140 valence electrons. The van der Waals surface area contributed by atoms with Crippen molar-refractivity contribution >= 4 is 33.0 Å². The number of benzene rings is 1. The first-order chi connectivity index (χ1) is 12.3.